The number of rotatable bonds is 4. The molecule has 1 amide bonds. The van der Waals surface area contributed by atoms with Crippen LogP contribution in [0.4, 0.5) is 0 Å². The first-order valence-corrected chi connectivity index (χ1v) is 9.92. The van der Waals surface area contributed by atoms with Crippen molar-refractivity contribution in [3.05, 3.63) is 40.2 Å². The van der Waals surface area contributed by atoms with E-state index in [2.05, 4.69) is 0 Å². The second-order valence-electron chi connectivity index (χ2n) is 5.94. The second-order valence-corrected chi connectivity index (χ2v) is 8.24. The van der Waals surface area contributed by atoms with Crippen LogP contribution in [0.25, 0.3) is 11.0 Å². The van der Waals surface area contributed by atoms with E-state index in [-0.39, 0.29) is 30.2 Å². The van der Waals surface area contributed by atoms with Gasteiger partial charge in [-0.05, 0) is 24.6 Å². The highest BCUT2D eigenvalue weighted by molar-refractivity contribution is 7.91. The van der Waals surface area contributed by atoms with Gasteiger partial charge in [0.1, 0.15) is 16.9 Å². The Bertz CT molecular complexity index is 949. The van der Waals surface area contributed by atoms with Gasteiger partial charge >= 0.3 is 5.63 Å². The van der Waals surface area contributed by atoms with Gasteiger partial charge in [-0.2, -0.15) is 0 Å². The number of benzene rings is 1. The monoisotopic (exact) mass is 365 g/mol. The van der Waals surface area contributed by atoms with Crippen LogP contribution in [0, 0.1) is 0 Å². The van der Waals surface area contributed by atoms with Crippen molar-refractivity contribution < 1.29 is 22.4 Å². The molecule has 134 valence electrons. The van der Waals surface area contributed by atoms with Gasteiger partial charge in [0.15, 0.2) is 9.84 Å². The Kier molecular flexibility index (Phi) is 4.80. The van der Waals surface area contributed by atoms with Gasteiger partial charge in [-0.3, -0.25) is 4.79 Å². The molecule has 1 aromatic heterocycles. The van der Waals surface area contributed by atoms with Gasteiger partial charge in [-0.25, -0.2) is 13.2 Å². The molecule has 8 heteroatoms. The first-order chi connectivity index (χ1) is 11.9. The summed E-state index contributed by atoms with van der Waals surface area (Å²) < 4.78 is 33.7. The van der Waals surface area contributed by atoms with Crippen molar-refractivity contribution in [1.29, 1.82) is 0 Å². The molecule has 1 fully saturated rings. The van der Waals surface area contributed by atoms with Crippen molar-refractivity contribution in [2.45, 2.75) is 13.3 Å². The lowest BCUT2D eigenvalue weighted by Gasteiger charge is -2.26. The fourth-order valence-electron chi connectivity index (χ4n) is 2.64. The van der Waals surface area contributed by atoms with Crippen LogP contribution in [0.3, 0.4) is 0 Å². The lowest BCUT2D eigenvalue weighted by atomic mass is 10.1. The molecule has 0 unspecified atom stereocenters. The Hall–Kier alpha value is -2.35. The molecule has 1 saturated heterocycles. The number of fused-ring (bicyclic) bond motifs is 1. The largest absolute Gasteiger partial charge is 0.493 e. The van der Waals surface area contributed by atoms with E-state index in [0.29, 0.717) is 23.3 Å². The zero-order chi connectivity index (χ0) is 18.0. The molecule has 1 aliphatic heterocycles. The van der Waals surface area contributed by atoms with E-state index >= 15 is 0 Å². The van der Waals surface area contributed by atoms with Crippen LogP contribution >= 0.6 is 0 Å². The highest BCUT2D eigenvalue weighted by Crippen LogP contribution is 2.21. The highest BCUT2D eigenvalue weighted by Gasteiger charge is 2.27. The fraction of sp³-hybridized carbons (Fsp3) is 0.412. The Balaban J connectivity index is 1.88. The molecule has 0 atom stereocenters. The molecule has 0 saturated carbocycles. The Labute approximate surface area is 145 Å². The molecule has 0 radical (unpaired) electrons. The van der Waals surface area contributed by atoms with E-state index < -0.39 is 21.4 Å². The van der Waals surface area contributed by atoms with Gasteiger partial charge in [0.2, 0.25) is 0 Å². The van der Waals surface area contributed by atoms with Gasteiger partial charge in [-0.1, -0.05) is 6.92 Å². The average Bonchev–Trinajstić information content (AvgIpc) is 2.58. The Morgan fingerprint density at radius 3 is 2.64 bits per heavy atom. The zero-order valence-corrected chi connectivity index (χ0v) is 14.7. The highest BCUT2D eigenvalue weighted by atomic mass is 32.2. The minimum atomic E-state index is -3.10. The third-order valence-electron chi connectivity index (χ3n) is 4.04. The lowest BCUT2D eigenvalue weighted by Crippen LogP contribution is -2.44. The maximum atomic E-state index is 12.5. The molecule has 0 bridgehead atoms. The number of sulfone groups is 1. The van der Waals surface area contributed by atoms with Crippen LogP contribution in [0.1, 0.15) is 23.7 Å². The second kappa shape index (κ2) is 6.87. The molecule has 3 rings (SSSR count). The molecule has 0 spiro atoms. The summed E-state index contributed by atoms with van der Waals surface area (Å²) in [4.78, 5) is 26.1. The van der Waals surface area contributed by atoms with E-state index in [9.17, 15) is 18.0 Å². The van der Waals surface area contributed by atoms with Gasteiger partial charge in [0, 0.05) is 24.5 Å². The quantitative estimate of drug-likeness (QED) is 0.761. The lowest BCUT2D eigenvalue weighted by molar-refractivity contribution is 0.0766. The average molecular weight is 365 g/mol. The summed E-state index contributed by atoms with van der Waals surface area (Å²) in [6.45, 7) is 2.72. The number of hydrogen-bond acceptors (Lipinski definition) is 6. The maximum absolute atomic E-state index is 12.5. The van der Waals surface area contributed by atoms with Crippen LogP contribution in [-0.2, 0) is 9.84 Å². The number of ether oxygens (including phenoxy) is 1. The van der Waals surface area contributed by atoms with Crippen molar-refractivity contribution in [2.75, 3.05) is 31.2 Å². The zero-order valence-electron chi connectivity index (χ0n) is 13.9. The molecular formula is C17H19NO6S. The molecule has 7 nitrogen and oxygen atoms in total. The summed E-state index contributed by atoms with van der Waals surface area (Å²) in [6.07, 6.45) is 0.862. The van der Waals surface area contributed by atoms with E-state index in [4.69, 9.17) is 9.15 Å². The molecule has 0 N–H and O–H groups in total. The topological polar surface area (TPSA) is 93.9 Å². The number of carbonyl (C=O) groups excluding carboxylic acids is 1. The molecular weight excluding hydrogens is 346 g/mol. The third kappa shape index (κ3) is 3.84. The van der Waals surface area contributed by atoms with Crippen LogP contribution < -0.4 is 10.4 Å². The number of nitrogens with zero attached hydrogens (tertiary/aromatic N) is 1. The van der Waals surface area contributed by atoms with Crippen LogP contribution in [-0.4, -0.2) is 50.4 Å². The molecule has 2 heterocycles. The smallest absolute Gasteiger partial charge is 0.349 e. The maximum Gasteiger partial charge on any atom is 0.349 e. The minimum absolute atomic E-state index is 0.0858. The van der Waals surface area contributed by atoms with Crippen LogP contribution in [0.5, 0.6) is 5.75 Å². The third-order valence-corrected chi connectivity index (χ3v) is 5.65. The van der Waals surface area contributed by atoms with E-state index in [1.54, 1.807) is 18.2 Å². The summed E-state index contributed by atoms with van der Waals surface area (Å²) in [7, 11) is -3.10. The predicted octanol–water partition coefficient (Wildman–Crippen LogP) is 1.45. The van der Waals surface area contributed by atoms with Gasteiger partial charge in [0.05, 0.1) is 18.1 Å². The SMILES string of the molecule is CCCOc1ccc2cc(C(=O)N3CCS(=O)(=O)CC3)c(=O)oc2c1. The van der Waals surface area contributed by atoms with Crippen molar-refractivity contribution >= 4 is 26.7 Å². The number of carbonyl (C=O) groups is 1. The van der Waals surface area contributed by atoms with Crippen molar-refractivity contribution in [1.82, 2.24) is 4.90 Å². The molecule has 1 aliphatic rings. The van der Waals surface area contributed by atoms with E-state index in [0.717, 1.165) is 6.42 Å². The number of hydrogen-bond donors (Lipinski definition) is 0. The predicted molar refractivity (Wildman–Crippen MR) is 92.8 cm³/mol. The van der Waals surface area contributed by atoms with Crippen LogP contribution in [0.2, 0.25) is 0 Å². The molecule has 25 heavy (non-hydrogen) atoms. The first kappa shape index (κ1) is 17.5. The van der Waals surface area contributed by atoms with E-state index in [1.807, 2.05) is 6.92 Å². The molecule has 2 aromatic rings. The summed E-state index contributed by atoms with van der Waals surface area (Å²) in [5.41, 5.74) is -0.482. The van der Waals surface area contributed by atoms with Crippen molar-refractivity contribution in [3.8, 4) is 5.75 Å². The summed E-state index contributed by atoms with van der Waals surface area (Å²) in [6, 6.07) is 6.57. The Morgan fingerprint density at radius 1 is 1.24 bits per heavy atom. The normalized spacial score (nSPS) is 16.8. The number of amides is 1. The van der Waals surface area contributed by atoms with Crippen LogP contribution in [0.15, 0.2) is 33.5 Å². The fourth-order valence-corrected chi connectivity index (χ4v) is 3.84. The minimum Gasteiger partial charge on any atom is -0.493 e. The summed E-state index contributed by atoms with van der Waals surface area (Å²) >= 11 is 0. The summed E-state index contributed by atoms with van der Waals surface area (Å²) in [5.74, 6) is -0.0827. The standard InChI is InChI=1S/C17H19NO6S/c1-2-7-23-13-4-3-12-10-14(17(20)24-15(12)11-13)16(19)18-5-8-25(21,22)9-6-18/h3-4,10-11H,2,5-9H2,1H3. The summed E-state index contributed by atoms with van der Waals surface area (Å²) in [5, 5.41) is 0.608. The van der Waals surface area contributed by atoms with Crippen molar-refractivity contribution in [2.24, 2.45) is 0 Å². The van der Waals surface area contributed by atoms with Crippen molar-refractivity contribution in [3.63, 3.8) is 0 Å². The van der Waals surface area contributed by atoms with E-state index in [1.165, 1.54) is 11.0 Å². The van der Waals surface area contributed by atoms with Gasteiger partial charge < -0.3 is 14.1 Å². The first-order valence-electron chi connectivity index (χ1n) is 8.10. The van der Waals surface area contributed by atoms with Gasteiger partial charge in [0.25, 0.3) is 5.91 Å². The Morgan fingerprint density at radius 2 is 1.96 bits per heavy atom. The van der Waals surface area contributed by atoms with Gasteiger partial charge in [-0.15, -0.1) is 0 Å². The molecule has 0 aliphatic carbocycles. The molecule has 1 aromatic carbocycles.